The molecule has 2 atom stereocenters. The molecule has 1 fully saturated rings. The minimum atomic E-state index is -2.69. The molecule has 54 heavy (non-hydrogen) atoms. The average molecular weight is 817 g/mol. The summed E-state index contributed by atoms with van der Waals surface area (Å²) in [5.41, 5.74) is 0. The molecule has 316 valence electrons. The molecule has 0 saturated heterocycles. The first-order chi connectivity index (χ1) is 26.1. The molecule has 0 aliphatic heterocycles. The van der Waals surface area contributed by atoms with Crippen molar-refractivity contribution in [1.82, 2.24) is 26.2 Å². The second-order valence-electron chi connectivity index (χ2n) is 12.3. The van der Waals surface area contributed by atoms with E-state index in [-0.39, 0.29) is 116 Å². The lowest BCUT2D eigenvalue weighted by Gasteiger charge is -2.30. The quantitative estimate of drug-likeness (QED) is 0.0237. The molecular weight excluding hydrogens is 751 g/mol. The molecule has 0 aromatic heterocycles. The molecule has 1 saturated carbocycles. The van der Waals surface area contributed by atoms with Crippen LogP contribution in [-0.2, 0) is 57.0 Å². The van der Waals surface area contributed by atoms with Gasteiger partial charge in [0.15, 0.2) is 0 Å². The van der Waals surface area contributed by atoms with Crippen LogP contribution < -0.4 is 39.0 Å². The zero-order valence-corrected chi connectivity index (χ0v) is 33.6. The van der Waals surface area contributed by atoms with Gasteiger partial charge in [0.05, 0.1) is 84.7 Å². The standard InChI is InChI=1S/C32H65N8O12PS/c1-3-53(45,54-2)52-27-9-7-26(8-10-27)31(43)38-11-5-4-6-28(32(44)39-14-17-48-20-23-51-35)40(24-29(41)36-12-15-46-18-21-49-33)25-30(42)37-13-16-47-19-22-50-34/h26-28H,3-25,33-35H2,1-2H3,(H,36,41)(H,37,42)(H,38,43)(H,39,44). The van der Waals surface area contributed by atoms with Crippen LogP contribution in [0.15, 0.2) is 0 Å². The molecule has 0 aromatic rings. The average Bonchev–Trinajstić information content (AvgIpc) is 3.17. The molecule has 10 N–H and O–H groups in total. The van der Waals surface area contributed by atoms with Gasteiger partial charge in [-0.05, 0) is 51.2 Å². The van der Waals surface area contributed by atoms with Crippen molar-refractivity contribution in [1.29, 1.82) is 0 Å². The molecule has 0 spiro atoms. The molecule has 0 radical (unpaired) electrons. The van der Waals surface area contributed by atoms with Gasteiger partial charge in [0, 0.05) is 38.3 Å². The highest BCUT2D eigenvalue weighted by atomic mass is 32.7. The van der Waals surface area contributed by atoms with E-state index in [0.29, 0.717) is 57.7 Å². The van der Waals surface area contributed by atoms with Crippen LogP contribution >= 0.6 is 18.0 Å². The van der Waals surface area contributed by atoms with Crippen molar-refractivity contribution in [2.45, 2.75) is 64.0 Å². The fourth-order valence-corrected chi connectivity index (χ4v) is 8.03. The van der Waals surface area contributed by atoms with Gasteiger partial charge < -0.3 is 54.5 Å². The summed E-state index contributed by atoms with van der Waals surface area (Å²) in [4.78, 5) is 67.5. The van der Waals surface area contributed by atoms with Crippen molar-refractivity contribution in [2.75, 3.05) is 111 Å². The van der Waals surface area contributed by atoms with Crippen molar-refractivity contribution in [3.63, 3.8) is 0 Å². The van der Waals surface area contributed by atoms with E-state index in [0.717, 1.165) is 0 Å². The van der Waals surface area contributed by atoms with Gasteiger partial charge in [-0.25, -0.2) is 17.7 Å². The molecule has 1 aliphatic rings. The van der Waals surface area contributed by atoms with E-state index in [1.807, 2.05) is 6.92 Å². The highest BCUT2D eigenvalue weighted by Crippen LogP contribution is 2.59. The number of hydrogen-bond donors (Lipinski definition) is 7. The van der Waals surface area contributed by atoms with E-state index in [1.165, 1.54) is 16.3 Å². The Balaban J connectivity index is 2.85. The van der Waals surface area contributed by atoms with Crippen LogP contribution in [0.5, 0.6) is 0 Å². The summed E-state index contributed by atoms with van der Waals surface area (Å²) in [6, 6.07) is -0.865. The summed E-state index contributed by atoms with van der Waals surface area (Å²) in [6.07, 6.45) is 6.18. The lowest BCUT2D eigenvalue weighted by atomic mass is 9.87. The van der Waals surface area contributed by atoms with Gasteiger partial charge in [-0.15, -0.1) is 0 Å². The second-order valence-corrected chi connectivity index (χ2v) is 17.5. The number of ether oxygens (including phenoxy) is 3. The number of nitrogens with zero attached hydrogens (tertiary/aromatic N) is 1. The smallest absolute Gasteiger partial charge is 0.257 e. The molecule has 1 rings (SSSR count). The lowest BCUT2D eigenvalue weighted by Crippen LogP contribution is -2.54. The third kappa shape index (κ3) is 23.8. The lowest BCUT2D eigenvalue weighted by molar-refractivity contribution is -0.132. The molecule has 0 bridgehead atoms. The number of carbonyl (C=O) groups is 4. The first-order valence-corrected chi connectivity index (χ1v) is 22.1. The third-order valence-corrected chi connectivity index (χ3v) is 13.0. The van der Waals surface area contributed by atoms with Crippen LogP contribution in [0.1, 0.15) is 51.9 Å². The van der Waals surface area contributed by atoms with Crippen LogP contribution in [0, 0.1) is 5.92 Å². The number of hydrogen-bond acceptors (Lipinski definition) is 17. The van der Waals surface area contributed by atoms with E-state index in [2.05, 4.69) is 35.8 Å². The summed E-state index contributed by atoms with van der Waals surface area (Å²) in [5.74, 6) is 13.6. The minimum absolute atomic E-state index is 0.0413. The van der Waals surface area contributed by atoms with Crippen molar-refractivity contribution in [3.8, 4) is 0 Å². The Morgan fingerprint density at radius 2 is 1.20 bits per heavy atom. The summed E-state index contributed by atoms with van der Waals surface area (Å²) in [7, 11) is 0. The SMILES string of the molecule is CCP(=O)(OC1CCC(C(=O)NCCCCC(C(=O)NCCOCCON)N(CC(=O)NCCOCCON)CC(=O)NCCOCCON)CC1)SC. The third-order valence-electron chi connectivity index (χ3n) is 8.38. The maximum atomic E-state index is 13.6. The molecule has 1 aliphatic carbocycles. The molecule has 22 heteroatoms. The normalized spacial score (nSPS) is 17.4. The Morgan fingerprint density at radius 3 is 1.67 bits per heavy atom. The number of unbranched alkanes of at least 4 members (excludes halogenated alkanes) is 1. The predicted octanol–water partition coefficient (Wildman–Crippen LogP) is -0.836. The Labute approximate surface area is 323 Å². The maximum absolute atomic E-state index is 13.6. The highest BCUT2D eigenvalue weighted by Gasteiger charge is 2.32. The fourth-order valence-electron chi connectivity index (χ4n) is 5.48. The molecule has 0 heterocycles. The first kappa shape index (κ1) is 50.0. The van der Waals surface area contributed by atoms with Gasteiger partial charge in [-0.3, -0.25) is 28.6 Å². The van der Waals surface area contributed by atoms with Crippen LogP contribution in [0.3, 0.4) is 0 Å². The van der Waals surface area contributed by atoms with Crippen LogP contribution in [-0.4, -0.2) is 152 Å². The molecule has 0 aromatic carbocycles. The maximum Gasteiger partial charge on any atom is 0.257 e. The van der Waals surface area contributed by atoms with Gasteiger partial charge in [0.2, 0.25) is 23.6 Å². The van der Waals surface area contributed by atoms with Crippen LogP contribution in [0.25, 0.3) is 0 Å². The van der Waals surface area contributed by atoms with Gasteiger partial charge in [-0.1, -0.05) is 18.3 Å². The minimum Gasteiger partial charge on any atom is -0.377 e. The predicted molar refractivity (Wildman–Crippen MR) is 203 cm³/mol. The number of carbonyl (C=O) groups excluding carboxylic acids is 4. The topological polar surface area (TPSA) is 279 Å². The first-order valence-electron chi connectivity index (χ1n) is 18.5. The largest absolute Gasteiger partial charge is 0.377 e. The highest BCUT2D eigenvalue weighted by molar-refractivity contribution is 8.56. The second kappa shape index (κ2) is 32.1. The van der Waals surface area contributed by atoms with Crippen molar-refractivity contribution < 1.29 is 57.0 Å². The van der Waals surface area contributed by atoms with E-state index in [1.54, 1.807) is 6.26 Å². The number of amides is 4. The molecule has 2 unspecified atom stereocenters. The Kier molecular flexibility index (Phi) is 29.8. The van der Waals surface area contributed by atoms with E-state index < -0.39 is 24.4 Å². The van der Waals surface area contributed by atoms with Gasteiger partial charge >= 0.3 is 0 Å². The van der Waals surface area contributed by atoms with Crippen molar-refractivity contribution in [2.24, 2.45) is 23.6 Å². The van der Waals surface area contributed by atoms with E-state index >= 15 is 0 Å². The number of rotatable bonds is 34. The zero-order valence-electron chi connectivity index (χ0n) is 31.9. The van der Waals surface area contributed by atoms with E-state index in [9.17, 15) is 23.7 Å². The van der Waals surface area contributed by atoms with Gasteiger partial charge in [-0.2, -0.15) is 0 Å². The monoisotopic (exact) mass is 816 g/mol. The number of nitrogens with one attached hydrogen (secondary N) is 4. The van der Waals surface area contributed by atoms with Gasteiger partial charge in [0.25, 0.3) is 6.57 Å². The summed E-state index contributed by atoms with van der Waals surface area (Å²) < 4.78 is 34.7. The number of nitrogens with two attached hydrogens (primary N) is 3. The summed E-state index contributed by atoms with van der Waals surface area (Å²) in [5, 5.41) is 11.3. The Morgan fingerprint density at radius 1 is 0.704 bits per heavy atom. The zero-order chi connectivity index (χ0) is 39.9. The van der Waals surface area contributed by atoms with Gasteiger partial charge in [0.1, 0.15) is 0 Å². The fraction of sp³-hybridized carbons (Fsp3) is 0.875. The molecule has 20 nitrogen and oxygen atoms in total. The van der Waals surface area contributed by atoms with Crippen molar-refractivity contribution >= 4 is 41.6 Å². The Hall–Kier alpha value is -1.98. The van der Waals surface area contributed by atoms with Crippen LogP contribution in [0.4, 0.5) is 0 Å². The Bertz CT molecular complexity index is 1040. The van der Waals surface area contributed by atoms with Crippen LogP contribution in [0.2, 0.25) is 0 Å². The molecular formula is C32H65N8O12PS. The van der Waals surface area contributed by atoms with Crippen molar-refractivity contribution in [3.05, 3.63) is 0 Å². The summed E-state index contributed by atoms with van der Waals surface area (Å²) in [6.45, 7) is 1.60. The van der Waals surface area contributed by atoms with E-state index in [4.69, 9.17) is 36.4 Å². The molecule has 4 amide bonds. The summed E-state index contributed by atoms with van der Waals surface area (Å²) >= 11 is 1.27.